The third-order valence-electron chi connectivity index (χ3n) is 4.51. The van der Waals surface area contributed by atoms with E-state index in [1.54, 1.807) is 25.3 Å². The van der Waals surface area contributed by atoms with E-state index in [1.807, 2.05) is 32.8 Å². The number of ether oxygens (including phenoxy) is 2. The van der Waals surface area contributed by atoms with Crippen LogP contribution in [-0.4, -0.2) is 69.3 Å². The van der Waals surface area contributed by atoms with Gasteiger partial charge in [-0.15, -0.1) is 0 Å². The predicted octanol–water partition coefficient (Wildman–Crippen LogP) is 1.79. The van der Waals surface area contributed by atoms with Gasteiger partial charge in [0.1, 0.15) is 17.5 Å². The van der Waals surface area contributed by atoms with E-state index in [2.05, 4.69) is 15.8 Å². The molecule has 0 aliphatic rings. The summed E-state index contributed by atoms with van der Waals surface area (Å²) in [5.74, 6) is 0.694. The van der Waals surface area contributed by atoms with Gasteiger partial charge in [0, 0.05) is 19.2 Å². The number of rotatable bonds is 10. The molecule has 0 aliphatic heterocycles. The summed E-state index contributed by atoms with van der Waals surface area (Å²) in [6.07, 6.45) is 0. The number of carbonyl (C=O) groups excluding carboxylic acids is 2. The van der Waals surface area contributed by atoms with Crippen molar-refractivity contribution in [3.63, 3.8) is 0 Å². The van der Waals surface area contributed by atoms with E-state index in [9.17, 15) is 9.59 Å². The Labute approximate surface area is 176 Å². The maximum absolute atomic E-state index is 12.7. The van der Waals surface area contributed by atoms with Crippen LogP contribution in [0.25, 0.3) is 11.3 Å². The van der Waals surface area contributed by atoms with Crippen molar-refractivity contribution in [3.8, 4) is 22.8 Å². The zero-order valence-electron chi connectivity index (χ0n) is 18.3. The normalized spacial score (nSPS) is 12.0. The number of benzene rings is 1. The molecule has 0 saturated carbocycles. The third-order valence-corrected chi connectivity index (χ3v) is 4.51. The van der Waals surface area contributed by atoms with Crippen LogP contribution >= 0.6 is 0 Å². The molecule has 0 spiro atoms. The lowest BCUT2D eigenvalue weighted by molar-refractivity contribution is -0.123. The molecule has 1 aromatic heterocycles. The van der Waals surface area contributed by atoms with Crippen LogP contribution in [0.2, 0.25) is 0 Å². The summed E-state index contributed by atoms with van der Waals surface area (Å²) in [5.41, 5.74) is 0.673. The lowest BCUT2D eigenvalue weighted by Gasteiger charge is -2.21. The van der Waals surface area contributed by atoms with E-state index in [0.29, 0.717) is 35.9 Å². The van der Waals surface area contributed by atoms with Gasteiger partial charge in [-0.1, -0.05) is 19.0 Å². The van der Waals surface area contributed by atoms with E-state index >= 15 is 0 Å². The van der Waals surface area contributed by atoms with Gasteiger partial charge < -0.3 is 29.5 Å². The topological polar surface area (TPSA) is 106 Å². The standard InChI is InChI=1S/C21H30N4O5/c1-13(2)19(21(27)22-9-10-25(3)4)23-20(26)16-12-18(30-24-16)15-11-14(28-5)7-8-17(15)29-6/h7-8,11-13,19H,9-10H2,1-6H3,(H,22,27)(H,23,26)/t19-/m1/s1. The summed E-state index contributed by atoms with van der Waals surface area (Å²) in [4.78, 5) is 27.2. The van der Waals surface area contributed by atoms with Gasteiger partial charge in [-0.3, -0.25) is 9.59 Å². The van der Waals surface area contributed by atoms with Crippen molar-refractivity contribution >= 4 is 11.8 Å². The molecular formula is C21H30N4O5. The maximum Gasteiger partial charge on any atom is 0.274 e. The van der Waals surface area contributed by atoms with Gasteiger partial charge in [0.05, 0.1) is 19.8 Å². The van der Waals surface area contributed by atoms with E-state index in [1.165, 1.54) is 13.2 Å². The Bertz CT molecular complexity index is 863. The fourth-order valence-electron chi connectivity index (χ4n) is 2.78. The second kappa shape index (κ2) is 10.6. The molecular weight excluding hydrogens is 388 g/mol. The number of methoxy groups -OCH3 is 2. The van der Waals surface area contributed by atoms with Crippen molar-refractivity contribution in [2.75, 3.05) is 41.4 Å². The molecule has 2 N–H and O–H groups in total. The summed E-state index contributed by atoms with van der Waals surface area (Å²) in [6.45, 7) is 4.94. The van der Waals surface area contributed by atoms with Crippen molar-refractivity contribution in [2.45, 2.75) is 19.9 Å². The molecule has 0 unspecified atom stereocenters. The van der Waals surface area contributed by atoms with E-state index in [-0.39, 0.29) is 17.5 Å². The molecule has 2 aromatic rings. The monoisotopic (exact) mass is 418 g/mol. The number of amides is 2. The summed E-state index contributed by atoms with van der Waals surface area (Å²) in [7, 11) is 6.94. The summed E-state index contributed by atoms with van der Waals surface area (Å²) < 4.78 is 15.9. The number of likely N-dealkylation sites (N-methyl/N-ethyl adjacent to an activating group) is 1. The lowest BCUT2D eigenvalue weighted by atomic mass is 10.0. The Morgan fingerprint density at radius 3 is 2.50 bits per heavy atom. The summed E-state index contributed by atoms with van der Waals surface area (Å²) >= 11 is 0. The van der Waals surface area contributed by atoms with Gasteiger partial charge in [0.25, 0.3) is 5.91 Å². The van der Waals surface area contributed by atoms with Crippen molar-refractivity contribution in [1.29, 1.82) is 0 Å². The van der Waals surface area contributed by atoms with Gasteiger partial charge in [0.2, 0.25) is 5.91 Å². The maximum atomic E-state index is 12.7. The van der Waals surface area contributed by atoms with Crippen LogP contribution in [0.4, 0.5) is 0 Å². The number of carbonyl (C=O) groups is 2. The van der Waals surface area contributed by atoms with Crippen LogP contribution in [0, 0.1) is 5.92 Å². The Morgan fingerprint density at radius 2 is 1.90 bits per heavy atom. The molecule has 0 fully saturated rings. The average Bonchev–Trinajstić information content (AvgIpc) is 3.20. The molecule has 1 heterocycles. The number of hydrogen-bond acceptors (Lipinski definition) is 7. The molecule has 0 aliphatic carbocycles. The van der Waals surface area contributed by atoms with Crippen LogP contribution in [0.15, 0.2) is 28.8 Å². The van der Waals surface area contributed by atoms with Crippen LogP contribution < -0.4 is 20.1 Å². The quantitative estimate of drug-likeness (QED) is 0.606. The second-order valence-electron chi connectivity index (χ2n) is 7.43. The fraction of sp³-hybridized carbons (Fsp3) is 0.476. The minimum Gasteiger partial charge on any atom is -0.497 e. The van der Waals surface area contributed by atoms with Gasteiger partial charge in [0.15, 0.2) is 11.5 Å². The predicted molar refractivity (Wildman–Crippen MR) is 113 cm³/mol. The Hall–Kier alpha value is -3.07. The number of hydrogen-bond donors (Lipinski definition) is 2. The number of aromatic nitrogens is 1. The highest BCUT2D eigenvalue weighted by Crippen LogP contribution is 2.33. The average molecular weight is 418 g/mol. The molecule has 1 aromatic carbocycles. The number of nitrogens with one attached hydrogen (secondary N) is 2. The fourth-order valence-corrected chi connectivity index (χ4v) is 2.78. The molecule has 9 nitrogen and oxygen atoms in total. The first kappa shape index (κ1) is 23.2. The SMILES string of the molecule is COc1ccc(OC)c(-c2cc(C(=O)N[C@@H](C(=O)NCCN(C)C)C(C)C)no2)c1. The molecule has 164 valence electrons. The summed E-state index contributed by atoms with van der Waals surface area (Å²) in [6, 6.07) is 6.05. The smallest absolute Gasteiger partial charge is 0.274 e. The van der Waals surface area contributed by atoms with Crippen molar-refractivity contribution in [3.05, 3.63) is 30.0 Å². The largest absolute Gasteiger partial charge is 0.497 e. The van der Waals surface area contributed by atoms with E-state index < -0.39 is 11.9 Å². The first-order valence-electron chi connectivity index (χ1n) is 9.69. The summed E-state index contributed by atoms with van der Waals surface area (Å²) in [5, 5.41) is 9.44. The Balaban J connectivity index is 2.14. The zero-order chi connectivity index (χ0) is 22.3. The van der Waals surface area contributed by atoms with Gasteiger partial charge >= 0.3 is 0 Å². The molecule has 1 atom stereocenters. The minimum atomic E-state index is -0.689. The third kappa shape index (κ3) is 5.96. The Morgan fingerprint density at radius 1 is 1.17 bits per heavy atom. The number of nitrogens with zero attached hydrogens (tertiary/aromatic N) is 2. The zero-order valence-corrected chi connectivity index (χ0v) is 18.3. The van der Waals surface area contributed by atoms with E-state index in [4.69, 9.17) is 14.0 Å². The molecule has 0 radical (unpaired) electrons. The molecule has 2 rings (SSSR count). The van der Waals surface area contributed by atoms with Crippen LogP contribution in [0.1, 0.15) is 24.3 Å². The first-order valence-corrected chi connectivity index (χ1v) is 9.69. The van der Waals surface area contributed by atoms with Crippen molar-refractivity contribution < 1.29 is 23.6 Å². The highest BCUT2D eigenvalue weighted by molar-refractivity contribution is 5.96. The second-order valence-corrected chi connectivity index (χ2v) is 7.43. The highest BCUT2D eigenvalue weighted by Gasteiger charge is 2.26. The van der Waals surface area contributed by atoms with Gasteiger partial charge in [-0.25, -0.2) is 0 Å². The van der Waals surface area contributed by atoms with Gasteiger partial charge in [-0.05, 0) is 38.2 Å². The molecule has 9 heteroatoms. The van der Waals surface area contributed by atoms with Crippen LogP contribution in [-0.2, 0) is 4.79 Å². The van der Waals surface area contributed by atoms with Gasteiger partial charge in [-0.2, -0.15) is 0 Å². The molecule has 30 heavy (non-hydrogen) atoms. The minimum absolute atomic E-state index is 0.0709. The van der Waals surface area contributed by atoms with Crippen molar-refractivity contribution in [1.82, 2.24) is 20.7 Å². The molecule has 0 bridgehead atoms. The lowest BCUT2D eigenvalue weighted by Crippen LogP contribution is -2.50. The van der Waals surface area contributed by atoms with Crippen LogP contribution in [0.3, 0.4) is 0 Å². The molecule has 2 amide bonds. The molecule has 0 saturated heterocycles. The van der Waals surface area contributed by atoms with Crippen LogP contribution in [0.5, 0.6) is 11.5 Å². The van der Waals surface area contributed by atoms with E-state index in [0.717, 1.165) is 0 Å². The first-order chi connectivity index (χ1) is 14.3. The highest BCUT2D eigenvalue weighted by atomic mass is 16.5. The Kier molecular flexibility index (Phi) is 8.23. The van der Waals surface area contributed by atoms with Crippen molar-refractivity contribution in [2.24, 2.45) is 5.92 Å².